The van der Waals surface area contributed by atoms with E-state index in [1.54, 1.807) is 12.1 Å². The van der Waals surface area contributed by atoms with Gasteiger partial charge in [0.25, 0.3) is 5.91 Å². The summed E-state index contributed by atoms with van der Waals surface area (Å²) in [6.45, 7) is -0.110. The third-order valence-corrected chi connectivity index (χ3v) is 2.93. The van der Waals surface area contributed by atoms with Crippen LogP contribution in [0.2, 0.25) is 5.02 Å². The Hall–Kier alpha value is -2.27. The van der Waals surface area contributed by atoms with Gasteiger partial charge in [0, 0.05) is 10.6 Å². The van der Waals surface area contributed by atoms with Crippen molar-refractivity contribution in [2.45, 2.75) is 6.61 Å². The summed E-state index contributed by atoms with van der Waals surface area (Å²) in [5, 5.41) is 0.390. The maximum Gasteiger partial charge on any atom is 0.252 e. The van der Waals surface area contributed by atoms with E-state index < -0.39 is 11.7 Å². The number of anilines is 1. The van der Waals surface area contributed by atoms with E-state index in [-0.39, 0.29) is 29.2 Å². The molecule has 0 fully saturated rings. The van der Waals surface area contributed by atoms with Crippen molar-refractivity contribution in [3.63, 3.8) is 0 Å². The highest BCUT2D eigenvalue weighted by Crippen LogP contribution is 2.27. The molecule has 0 aliphatic heterocycles. The molecule has 1 amide bonds. The molecule has 0 saturated heterocycles. The third-order valence-electron chi connectivity index (χ3n) is 2.69. The van der Waals surface area contributed by atoms with E-state index in [1.165, 1.54) is 24.3 Å². The first-order valence-electron chi connectivity index (χ1n) is 5.74. The number of halogens is 2. The van der Waals surface area contributed by atoms with Gasteiger partial charge in [0.15, 0.2) is 5.75 Å². The van der Waals surface area contributed by atoms with Crippen LogP contribution in [-0.2, 0) is 6.61 Å². The summed E-state index contributed by atoms with van der Waals surface area (Å²) in [6.07, 6.45) is 0. The Labute approximate surface area is 120 Å². The number of primary amides is 1. The predicted molar refractivity (Wildman–Crippen MR) is 75.1 cm³/mol. The van der Waals surface area contributed by atoms with Crippen molar-refractivity contribution in [1.29, 1.82) is 0 Å². The van der Waals surface area contributed by atoms with E-state index in [0.717, 1.165) is 0 Å². The lowest BCUT2D eigenvalue weighted by molar-refractivity contribution is 0.0996. The Balaban J connectivity index is 2.27. The molecule has 0 spiro atoms. The number of nitrogens with two attached hydrogens (primary N) is 2. The Kier molecular flexibility index (Phi) is 4.10. The molecule has 0 aromatic heterocycles. The molecule has 20 heavy (non-hydrogen) atoms. The quantitative estimate of drug-likeness (QED) is 0.851. The molecule has 0 heterocycles. The summed E-state index contributed by atoms with van der Waals surface area (Å²) < 4.78 is 19.0. The van der Waals surface area contributed by atoms with Gasteiger partial charge < -0.3 is 16.2 Å². The average Bonchev–Trinajstić information content (AvgIpc) is 2.40. The molecule has 2 aromatic carbocycles. The summed E-state index contributed by atoms with van der Waals surface area (Å²) in [6, 6.07) is 8.76. The Morgan fingerprint density at radius 1 is 1.30 bits per heavy atom. The number of carbonyl (C=O) groups is 1. The van der Waals surface area contributed by atoms with Gasteiger partial charge in [0.05, 0.1) is 11.3 Å². The van der Waals surface area contributed by atoms with Gasteiger partial charge >= 0.3 is 0 Å². The second-order valence-corrected chi connectivity index (χ2v) is 4.55. The number of hydrogen-bond donors (Lipinski definition) is 2. The molecule has 4 N–H and O–H groups in total. The Bertz CT molecular complexity index is 662. The number of hydrogen-bond acceptors (Lipinski definition) is 3. The molecule has 0 aliphatic rings. The van der Waals surface area contributed by atoms with Crippen molar-refractivity contribution in [1.82, 2.24) is 0 Å². The van der Waals surface area contributed by atoms with Crippen molar-refractivity contribution < 1.29 is 13.9 Å². The molecule has 2 rings (SSSR count). The first kappa shape index (κ1) is 14.1. The first-order valence-corrected chi connectivity index (χ1v) is 6.12. The fourth-order valence-corrected chi connectivity index (χ4v) is 1.91. The van der Waals surface area contributed by atoms with Gasteiger partial charge in [-0.1, -0.05) is 17.7 Å². The second-order valence-electron chi connectivity index (χ2n) is 4.11. The molecule has 0 saturated carbocycles. The van der Waals surface area contributed by atoms with Gasteiger partial charge in [0.1, 0.15) is 12.4 Å². The van der Waals surface area contributed by atoms with E-state index in [4.69, 9.17) is 27.8 Å². The van der Waals surface area contributed by atoms with Crippen LogP contribution in [-0.4, -0.2) is 5.91 Å². The third kappa shape index (κ3) is 3.00. The molecule has 0 aliphatic carbocycles. The fourth-order valence-electron chi connectivity index (χ4n) is 1.71. The molecule has 4 nitrogen and oxygen atoms in total. The number of carbonyl (C=O) groups excluding carboxylic acids is 1. The summed E-state index contributed by atoms with van der Waals surface area (Å²) >= 11 is 5.79. The van der Waals surface area contributed by atoms with Gasteiger partial charge in [-0.3, -0.25) is 4.79 Å². The number of nitrogen functional groups attached to an aromatic ring is 1. The zero-order valence-electron chi connectivity index (χ0n) is 10.4. The van der Waals surface area contributed by atoms with Crippen LogP contribution in [0, 0.1) is 5.82 Å². The topological polar surface area (TPSA) is 78.3 Å². The van der Waals surface area contributed by atoms with E-state index >= 15 is 0 Å². The number of para-hydroxylation sites is 1. The van der Waals surface area contributed by atoms with Crippen LogP contribution in [0.5, 0.6) is 5.75 Å². The van der Waals surface area contributed by atoms with Gasteiger partial charge in [-0.05, 0) is 30.3 Å². The number of ether oxygens (including phenoxy) is 1. The molecule has 2 aromatic rings. The lowest BCUT2D eigenvalue weighted by atomic mass is 10.1. The zero-order chi connectivity index (χ0) is 14.7. The second kappa shape index (κ2) is 5.79. The van der Waals surface area contributed by atoms with E-state index in [1.807, 2.05) is 0 Å². The average molecular weight is 295 g/mol. The number of rotatable bonds is 4. The van der Waals surface area contributed by atoms with Crippen LogP contribution in [0.15, 0.2) is 36.4 Å². The van der Waals surface area contributed by atoms with E-state index in [0.29, 0.717) is 5.02 Å². The molecule has 6 heteroatoms. The molecule has 0 bridgehead atoms. The van der Waals surface area contributed by atoms with Crippen molar-refractivity contribution in [2.75, 3.05) is 5.73 Å². The van der Waals surface area contributed by atoms with Gasteiger partial charge in [-0.2, -0.15) is 0 Å². The fraction of sp³-hybridized carbons (Fsp3) is 0.0714. The minimum absolute atomic E-state index is 0.110. The largest absolute Gasteiger partial charge is 0.486 e. The Morgan fingerprint density at radius 2 is 2.05 bits per heavy atom. The van der Waals surface area contributed by atoms with Gasteiger partial charge in [0.2, 0.25) is 0 Å². The maximum atomic E-state index is 13.6. The highest BCUT2D eigenvalue weighted by atomic mass is 35.5. The van der Waals surface area contributed by atoms with Crippen LogP contribution in [0.1, 0.15) is 15.9 Å². The zero-order valence-corrected chi connectivity index (χ0v) is 11.2. The lowest BCUT2D eigenvalue weighted by Gasteiger charge is -2.12. The van der Waals surface area contributed by atoms with Crippen molar-refractivity contribution in [3.8, 4) is 5.75 Å². The maximum absolute atomic E-state index is 13.6. The minimum Gasteiger partial charge on any atom is -0.486 e. The van der Waals surface area contributed by atoms with Crippen molar-refractivity contribution in [3.05, 3.63) is 58.4 Å². The van der Waals surface area contributed by atoms with Crippen molar-refractivity contribution >= 4 is 23.2 Å². The molecule has 0 atom stereocenters. The lowest BCUT2D eigenvalue weighted by Crippen LogP contribution is -2.14. The number of amides is 1. The van der Waals surface area contributed by atoms with Crippen LogP contribution in [0.4, 0.5) is 10.1 Å². The highest BCUT2D eigenvalue weighted by molar-refractivity contribution is 6.30. The standard InChI is InChI=1S/C14H12ClFN2O2/c15-9-4-5-11(16)8(6-9)7-20-13-10(14(18)19)2-1-3-12(13)17/h1-6H,7,17H2,(H2,18,19). The Morgan fingerprint density at radius 3 is 2.75 bits per heavy atom. The smallest absolute Gasteiger partial charge is 0.252 e. The van der Waals surface area contributed by atoms with Crippen LogP contribution >= 0.6 is 11.6 Å². The van der Waals surface area contributed by atoms with Crippen LogP contribution in [0.25, 0.3) is 0 Å². The minimum atomic E-state index is -0.668. The van der Waals surface area contributed by atoms with Crippen LogP contribution < -0.4 is 16.2 Å². The molecule has 0 radical (unpaired) electrons. The molecule has 104 valence electrons. The molecular weight excluding hydrogens is 283 g/mol. The van der Waals surface area contributed by atoms with Gasteiger partial charge in [-0.25, -0.2) is 4.39 Å². The highest BCUT2D eigenvalue weighted by Gasteiger charge is 2.13. The SMILES string of the molecule is NC(=O)c1cccc(N)c1OCc1cc(Cl)ccc1F. The number of benzene rings is 2. The van der Waals surface area contributed by atoms with Crippen molar-refractivity contribution in [2.24, 2.45) is 5.73 Å². The molecule has 0 unspecified atom stereocenters. The summed E-state index contributed by atoms with van der Waals surface area (Å²) in [5.41, 5.74) is 11.6. The predicted octanol–water partition coefficient (Wildman–Crippen LogP) is 2.74. The van der Waals surface area contributed by atoms with Crippen LogP contribution in [0.3, 0.4) is 0 Å². The molecular formula is C14H12ClFN2O2. The van der Waals surface area contributed by atoms with Gasteiger partial charge in [-0.15, -0.1) is 0 Å². The summed E-state index contributed by atoms with van der Waals surface area (Å²) in [5.74, 6) is -0.984. The normalized spacial score (nSPS) is 10.3. The summed E-state index contributed by atoms with van der Waals surface area (Å²) in [4.78, 5) is 11.3. The monoisotopic (exact) mass is 294 g/mol. The summed E-state index contributed by atoms with van der Waals surface area (Å²) in [7, 11) is 0. The van der Waals surface area contributed by atoms with E-state index in [9.17, 15) is 9.18 Å². The first-order chi connectivity index (χ1) is 9.49. The van der Waals surface area contributed by atoms with E-state index in [2.05, 4.69) is 0 Å².